The minimum atomic E-state index is -0.0880. The van der Waals surface area contributed by atoms with Crippen molar-refractivity contribution in [3.8, 4) is 11.5 Å². The van der Waals surface area contributed by atoms with Crippen LogP contribution in [0.1, 0.15) is 28.9 Å². The van der Waals surface area contributed by atoms with E-state index in [2.05, 4.69) is 15.6 Å². The minimum Gasteiger partial charge on any atom is -0.493 e. The summed E-state index contributed by atoms with van der Waals surface area (Å²) < 4.78 is 11.1. The van der Waals surface area contributed by atoms with Crippen molar-refractivity contribution in [3.63, 3.8) is 0 Å². The smallest absolute Gasteiger partial charge is 0.251 e. The Morgan fingerprint density at radius 3 is 3.08 bits per heavy atom. The first-order valence-corrected chi connectivity index (χ1v) is 9.37. The lowest BCUT2D eigenvalue weighted by Crippen LogP contribution is -2.38. The highest BCUT2D eigenvalue weighted by Gasteiger charge is 2.16. The molecule has 2 heterocycles. The Bertz CT molecular complexity index is 685. The van der Waals surface area contributed by atoms with Crippen LogP contribution in [0.5, 0.6) is 11.5 Å². The molecule has 134 valence electrons. The molecule has 3 rings (SSSR count). The fraction of sp³-hybridized carbons (Fsp3) is 0.444. The lowest BCUT2D eigenvalue weighted by molar-refractivity contribution is 0.0944. The van der Waals surface area contributed by atoms with Crippen molar-refractivity contribution >= 4 is 17.2 Å². The maximum Gasteiger partial charge on any atom is 0.251 e. The zero-order chi connectivity index (χ0) is 17.5. The van der Waals surface area contributed by atoms with Crippen molar-refractivity contribution in [1.29, 1.82) is 0 Å². The van der Waals surface area contributed by atoms with Gasteiger partial charge in [0.25, 0.3) is 5.91 Å². The summed E-state index contributed by atoms with van der Waals surface area (Å²) in [6, 6.07) is 5.24. The average Bonchev–Trinajstić information content (AvgIpc) is 3.18. The summed E-state index contributed by atoms with van der Waals surface area (Å²) in [4.78, 5) is 16.6. The molecule has 25 heavy (non-hydrogen) atoms. The number of hydrogen-bond acceptors (Lipinski definition) is 6. The second kappa shape index (κ2) is 8.82. The van der Waals surface area contributed by atoms with Crippen LogP contribution in [0.2, 0.25) is 0 Å². The summed E-state index contributed by atoms with van der Waals surface area (Å²) in [6.45, 7) is 3.10. The summed E-state index contributed by atoms with van der Waals surface area (Å²) in [6.07, 6.45) is 2.32. The topological polar surface area (TPSA) is 72.5 Å². The molecular weight excluding hydrogens is 338 g/mol. The van der Waals surface area contributed by atoms with E-state index in [4.69, 9.17) is 9.47 Å². The Labute approximate surface area is 151 Å². The van der Waals surface area contributed by atoms with Crippen molar-refractivity contribution in [2.24, 2.45) is 5.92 Å². The second-order valence-electron chi connectivity index (χ2n) is 6.06. The Morgan fingerprint density at radius 1 is 1.44 bits per heavy atom. The SMILES string of the molecule is COc1cc(C(=O)NCC2CCCNC2)ccc1OCc1cscn1. The van der Waals surface area contributed by atoms with E-state index >= 15 is 0 Å². The molecule has 2 N–H and O–H groups in total. The molecule has 0 bridgehead atoms. The summed E-state index contributed by atoms with van der Waals surface area (Å²) in [5, 5.41) is 8.31. The molecule has 1 amide bonds. The number of hydrogen-bond donors (Lipinski definition) is 2. The molecule has 1 fully saturated rings. The molecule has 1 saturated heterocycles. The van der Waals surface area contributed by atoms with E-state index in [1.807, 2.05) is 5.38 Å². The highest BCUT2D eigenvalue weighted by atomic mass is 32.1. The zero-order valence-corrected chi connectivity index (χ0v) is 15.1. The number of carbonyl (C=O) groups is 1. The number of carbonyl (C=O) groups excluding carboxylic acids is 1. The van der Waals surface area contributed by atoms with Gasteiger partial charge in [0, 0.05) is 17.5 Å². The number of nitrogens with one attached hydrogen (secondary N) is 2. The summed E-state index contributed by atoms with van der Waals surface area (Å²) in [5.41, 5.74) is 3.21. The van der Waals surface area contributed by atoms with Crippen LogP contribution < -0.4 is 20.1 Å². The minimum absolute atomic E-state index is 0.0880. The highest BCUT2D eigenvalue weighted by Crippen LogP contribution is 2.29. The summed E-state index contributed by atoms with van der Waals surface area (Å²) in [7, 11) is 1.57. The van der Waals surface area contributed by atoms with Gasteiger partial charge in [-0.1, -0.05) is 0 Å². The molecular formula is C18H23N3O3S. The van der Waals surface area contributed by atoms with Gasteiger partial charge in [0.15, 0.2) is 11.5 Å². The third-order valence-corrected chi connectivity index (χ3v) is 4.87. The number of amides is 1. The summed E-state index contributed by atoms with van der Waals surface area (Å²) in [5.74, 6) is 1.56. The van der Waals surface area contributed by atoms with Gasteiger partial charge in [-0.3, -0.25) is 4.79 Å². The van der Waals surface area contributed by atoms with Crippen LogP contribution in [0.15, 0.2) is 29.1 Å². The molecule has 1 aromatic heterocycles. The monoisotopic (exact) mass is 361 g/mol. The van der Waals surface area contributed by atoms with E-state index in [9.17, 15) is 4.79 Å². The van der Waals surface area contributed by atoms with Gasteiger partial charge in [-0.05, 0) is 50.0 Å². The van der Waals surface area contributed by atoms with Crippen molar-refractivity contribution in [1.82, 2.24) is 15.6 Å². The van der Waals surface area contributed by atoms with E-state index < -0.39 is 0 Å². The molecule has 1 unspecified atom stereocenters. The molecule has 1 atom stereocenters. The lowest BCUT2D eigenvalue weighted by atomic mass is 9.99. The summed E-state index contributed by atoms with van der Waals surface area (Å²) >= 11 is 1.53. The second-order valence-corrected chi connectivity index (χ2v) is 6.78. The van der Waals surface area contributed by atoms with E-state index in [1.54, 1.807) is 30.8 Å². The Hall–Kier alpha value is -2.12. The molecule has 7 heteroatoms. The van der Waals surface area contributed by atoms with E-state index in [0.717, 1.165) is 25.2 Å². The van der Waals surface area contributed by atoms with E-state index in [1.165, 1.54) is 17.8 Å². The van der Waals surface area contributed by atoms with Gasteiger partial charge < -0.3 is 20.1 Å². The molecule has 2 aromatic rings. The fourth-order valence-electron chi connectivity index (χ4n) is 2.83. The highest BCUT2D eigenvalue weighted by molar-refractivity contribution is 7.07. The van der Waals surface area contributed by atoms with Gasteiger partial charge in [0.1, 0.15) is 6.61 Å². The number of methoxy groups -OCH3 is 1. The number of thiazole rings is 1. The first kappa shape index (κ1) is 17.7. The van der Waals surface area contributed by atoms with Crippen LogP contribution in [-0.2, 0) is 6.61 Å². The van der Waals surface area contributed by atoms with E-state index in [-0.39, 0.29) is 5.91 Å². The first-order chi connectivity index (χ1) is 12.3. The maximum atomic E-state index is 12.4. The van der Waals surface area contributed by atoms with Crippen LogP contribution in [0.3, 0.4) is 0 Å². The maximum absolute atomic E-state index is 12.4. The normalized spacial score (nSPS) is 17.1. The van der Waals surface area contributed by atoms with Gasteiger partial charge >= 0.3 is 0 Å². The third-order valence-electron chi connectivity index (χ3n) is 4.24. The molecule has 0 spiro atoms. The molecule has 6 nitrogen and oxygen atoms in total. The van der Waals surface area contributed by atoms with Crippen LogP contribution in [-0.4, -0.2) is 37.6 Å². The number of piperidine rings is 1. The molecule has 0 radical (unpaired) electrons. The number of ether oxygens (including phenoxy) is 2. The van der Waals surface area contributed by atoms with Crippen molar-refractivity contribution in [2.75, 3.05) is 26.7 Å². The Balaban J connectivity index is 1.58. The molecule has 1 aromatic carbocycles. The molecule has 0 aliphatic carbocycles. The molecule has 0 saturated carbocycles. The fourth-order valence-corrected chi connectivity index (χ4v) is 3.37. The Kier molecular flexibility index (Phi) is 6.25. The van der Waals surface area contributed by atoms with Crippen molar-refractivity contribution < 1.29 is 14.3 Å². The standard InChI is InChI=1S/C18H23N3O3S/c1-23-17-7-14(18(22)20-9-13-3-2-6-19-8-13)4-5-16(17)24-10-15-11-25-12-21-15/h4-5,7,11-13,19H,2-3,6,8-10H2,1H3,(H,20,22). The number of nitrogens with zero attached hydrogens (tertiary/aromatic N) is 1. The van der Waals surface area contributed by atoms with Crippen LogP contribution in [0.25, 0.3) is 0 Å². The van der Waals surface area contributed by atoms with E-state index in [0.29, 0.717) is 36.1 Å². The number of rotatable bonds is 7. The lowest BCUT2D eigenvalue weighted by Gasteiger charge is -2.22. The van der Waals surface area contributed by atoms with Gasteiger partial charge in [0.05, 0.1) is 18.3 Å². The van der Waals surface area contributed by atoms with Crippen LogP contribution >= 0.6 is 11.3 Å². The quantitative estimate of drug-likeness (QED) is 0.793. The van der Waals surface area contributed by atoms with Crippen LogP contribution in [0, 0.1) is 5.92 Å². The van der Waals surface area contributed by atoms with Gasteiger partial charge in [-0.25, -0.2) is 4.98 Å². The third kappa shape index (κ3) is 4.93. The molecule has 1 aliphatic heterocycles. The predicted molar refractivity (Wildman–Crippen MR) is 97.4 cm³/mol. The largest absolute Gasteiger partial charge is 0.493 e. The number of benzene rings is 1. The van der Waals surface area contributed by atoms with Gasteiger partial charge in [0.2, 0.25) is 0 Å². The van der Waals surface area contributed by atoms with Crippen molar-refractivity contribution in [2.45, 2.75) is 19.4 Å². The molecule has 1 aliphatic rings. The number of aromatic nitrogens is 1. The van der Waals surface area contributed by atoms with Crippen LogP contribution in [0.4, 0.5) is 0 Å². The van der Waals surface area contributed by atoms with Gasteiger partial charge in [-0.2, -0.15) is 0 Å². The first-order valence-electron chi connectivity index (χ1n) is 8.43. The van der Waals surface area contributed by atoms with Gasteiger partial charge in [-0.15, -0.1) is 11.3 Å². The Morgan fingerprint density at radius 2 is 2.36 bits per heavy atom. The average molecular weight is 361 g/mol. The van der Waals surface area contributed by atoms with Crippen molar-refractivity contribution in [3.05, 3.63) is 40.3 Å². The zero-order valence-electron chi connectivity index (χ0n) is 14.3. The predicted octanol–water partition coefficient (Wildman–Crippen LogP) is 2.46.